The minimum atomic E-state index is 0.408. The SMILES string of the molecule is Cc1ccc(C)c(C(c2ccc(C)s2)N2CCNCC2)c1. The number of hydrogen-bond acceptors (Lipinski definition) is 3. The maximum atomic E-state index is 3.47. The van der Waals surface area contributed by atoms with E-state index in [1.54, 1.807) is 0 Å². The summed E-state index contributed by atoms with van der Waals surface area (Å²) in [5, 5.41) is 3.47. The fourth-order valence-corrected chi connectivity index (χ4v) is 4.16. The zero-order chi connectivity index (χ0) is 14.8. The Bertz CT molecular complexity index is 611. The Balaban J connectivity index is 2.04. The number of nitrogens with one attached hydrogen (secondary N) is 1. The highest BCUT2D eigenvalue weighted by Crippen LogP contribution is 2.35. The van der Waals surface area contributed by atoms with Gasteiger partial charge < -0.3 is 5.32 Å². The monoisotopic (exact) mass is 300 g/mol. The Morgan fingerprint density at radius 1 is 1.05 bits per heavy atom. The van der Waals surface area contributed by atoms with Crippen LogP contribution in [-0.4, -0.2) is 31.1 Å². The Morgan fingerprint density at radius 2 is 1.81 bits per heavy atom. The fraction of sp³-hybridized carbons (Fsp3) is 0.444. The van der Waals surface area contributed by atoms with Crippen molar-refractivity contribution in [3.8, 4) is 0 Å². The van der Waals surface area contributed by atoms with Gasteiger partial charge in [-0.05, 0) is 44.0 Å². The van der Waals surface area contributed by atoms with Crippen molar-refractivity contribution in [2.75, 3.05) is 26.2 Å². The van der Waals surface area contributed by atoms with Gasteiger partial charge in [0, 0.05) is 35.9 Å². The highest BCUT2D eigenvalue weighted by molar-refractivity contribution is 7.12. The van der Waals surface area contributed by atoms with Gasteiger partial charge in [-0.25, -0.2) is 0 Å². The van der Waals surface area contributed by atoms with Crippen LogP contribution in [-0.2, 0) is 0 Å². The molecule has 1 unspecified atom stereocenters. The lowest BCUT2D eigenvalue weighted by molar-refractivity contribution is 0.200. The van der Waals surface area contributed by atoms with Crippen molar-refractivity contribution in [1.82, 2.24) is 10.2 Å². The Kier molecular flexibility index (Phi) is 4.43. The van der Waals surface area contributed by atoms with E-state index in [9.17, 15) is 0 Å². The van der Waals surface area contributed by atoms with Crippen LogP contribution in [0.2, 0.25) is 0 Å². The second kappa shape index (κ2) is 6.30. The first kappa shape index (κ1) is 14.8. The van der Waals surface area contributed by atoms with Gasteiger partial charge in [-0.3, -0.25) is 4.90 Å². The highest BCUT2D eigenvalue weighted by atomic mass is 32.1. The van der Waals surface area contributed by atoms with Crippen LogP contribution < -0.4 is 5.32 Å². The average Bonchev–Trinajstić information content (AvgIpc) is 2.90. The topological polar surface area (TPSA) is 15.3 Å². The number of aryl methyl sites for hydroxylation is 3. The van der Waals surface area contributed by atoms with Crippen LogP contribution in [0.25, 0.3) is 0 Å². The van der Waals surface area contributed by atoms with E-state index in [1.165, 1.54) is 26.4 Å². The molecule has 3 heteroatoms. The van der Waals surface area contributed by atoms with Gasteiger partial charge in [-0.2, -0.15) is 0 Å². The minimum Gasteiger partial charge on any atom is -0.314 e. The number of nitrogens with zero attached hydrogens (tertiary/aromatic N) is 1. The van der Waals surface area contributed by atoms with Crippen LogP contribution in [0, 0.1) is 20.8 Å². The van der Waals surface area contributed by atoms with Crippen molar-refractivity contribution < 1.29 is 0 Å². The molecular weight excluding hydrogens is 276 g/mol. The van der Waals surface area contributed by atoms with Crippen molar-refractivity contribution in [2.24, 2.45) is 0 Å². The average molecular weight is 300 g/mol. The van der Waals surface area contributed by atoms with Gasteiger partial charge in [0.25, 0.3) is 0 Å². The van der Waals surface area contributed by atoms with Crippen molar-refractivity contribution in [2.45, 2.75) is 26.8 Å². The summed E-state index contributed by atoms with van der Waals surface area (Å²) in [6.07, 6.45) is 0. The Labute approximate surface area is 131 Å². The maximum absolute atomic E-state index is 3.47. The van der Waals surface area contributed by atoms with E-state index in [2.05, 4.69) is 61.3 Å². The predicted molar refractivity (Wildman–Crippen MR) is 91.3 cm³/mol. The minimum absolute atomic E-state index is 0.408. The van der Waals surface area contributed by atoms with Gasteiger partial charge in [-0.15, -0.1) is 11.3 Å². The highest BCUT2D eigenvalue weighted by Gasteiger charge is 2.26. The molecule has 0 radical (unpaired) electrons. The number of benzene rings is 1. The molecule has 1 N–H and O–H groups in total. The van der Waals surface area contributed by atoms with Gasteiger partial charge in [0.1, 0.15) is 0 Å². The summed E-state index contributed by atoms with van der Waals surface area (Å²) in [4.78, 5) is 5.50. The molecular formula is C18H24N2S. The molecule has 1 fully saturated rings. The molecule has 1 aromatic heterocycles. The van der Waals surface area contributed by atoms with E-state index in [4.69, 9.17) is 0 Å². The lowest BCUT2D eigenvalue weighted by atomic mass is 9.96. The van der Waals surface area contributed by atoms with Gasteiger partial charge in [-0.1, -0.05) is 23.8 Å². The third-order valence-electron chi connectivity index (χ3n) is 4.28. The second-order valence-corrected chi connectivity index (χ2v) is 7.32. The summed E-state index contributed by atoms with van der Waals surface area (Å²) in [5.74, 6) is 0. The van der Waals surface area contributed by atoms with E-state index in [1.807, 2.05) is 11.3 Å². The van der Waals surface area contributed by atoms with Crippen LogP contribution in [0.1, 0.15) is 32.5 Å². The van der Waals surface area contributed by atoms with Gasteiger partial charge >= 0.3 is 0 Å². The molecule has 1 aliphatic rings. The molecule has 0 aliphatic carbocycles. The van der Waals surface area contributed by atoms with Gasteiger partial charge in [0.05, 0.1) is 6.04 Å². The van der Waals surface area contributed by atoms with E-state index >= 15 is 0 Å². The van der Waals surface area contributed by atoms with Crippen molar-refractivity contribution >= 4 is 11.3 Å². The molecule has 2 aromatic rings. The molecule has 0 saturated carbocycles. The first-order valence-corrected chi connectivity index (χ1v) is 8.55. The maximum Gasteiger partial charge on any atom is 0.0699 e. The van der Waals surface area contributed by atoms with Crippen molar-refractivity contribution in [3.05, 3.63) is 56.8 Å². The normalized spacial score (nSPS) is 17.9. The molecule has 1 saturated heterocycles. The molecule has 0 spiro atoms. The molecule has 0 amide bonds. The Hall–Kier alpha value is -1.16. The molecule has 112 valence electrons. The van der Waals surface area contributed by atoms with E-state index in [0.29, 0.717) is 6.04 Å². The lowest BCUT2D eigenvalue weighted by Crippen LogP contribution is -2.45. The van der Waals surface area contributed by atoms with Crippen molar-refractivity contribution in [3.63, 3.8) is 0 Å². The van der Waals surface area contributed by atoms with Crippen LogP contribution in [0.15, 0.2) is 30.3 Å². The largest absolute Gasteiger partial charge is 0.314 e. The van der Waals surface area contributed by atoms with Gasteiger partial charge in [0.15, 0.2) is 0 Å². The molecule has 1 atom stereocenters. The van der Waals surface area contributed by atoms with Gasteiger partial charge in [0.2, 0.25) is 0 Å². The molecule has 1 aliphatic heterocycles. The zero-order valence-corrected chi connectivity index (χ0v) is 14.0. The number of piperazine rings is 1. The molecule has 2 heterocycles. The summed E-state index contributed by atoms with van der Waals surface area (Å²) in [6.45, 7) is 11.1. The lowest BCUT2D eigenvalue weighted by Gasteiger charge is -2.35. The number of hydrogen-bond donors (Lipinski definition) is 1. The van der Waals surface area contributed by atoms with Crippen LogP contribution in [0.3, 0.4) is 0 Å². The smallest absolute Gasteiger partial charge is 0.0699 e. The number of thiophene rings is 1. The quantitative estimate of drug-likeness (QED) is 0.930. The molecule has 0 bridgehead atoms. The molecule has 1 aromatic carbocycles. The van der Waals surface area contributed by atoms with E-state index in [0.717, 1.165) is 26.2 Å². The molecule has 21 heavy (non-hydrogen) atoms. The van der Waals surface area contributed by atoms with Crippen LogP contribution in [0.4, 0.5) is 0 Å². The summed E-state index contributed by atoms with van der Waals surface area (Å²) in [6, 6.07) is 11.8. The number of rotatable bonds is 3. The zero-order valence-electron chi connectivity index (χ0n) is 13.1. The second-order valence-electron chi connectivity index (χ2n) is 6.00. The third-order valence-corrected chi connectivity index (χ3v) is 5.33. The first-order chi connectivity index (χ1) is 10.1. The van der Waals surface area contributed by atoms with Crippen LogP contribution >= 0.6 is 11.3 Å². The van der Waals surface area contributed by atoms with E-state index < -0.39 is 0 Å². The summed E-state index contributed by atoms with van der Waals surface area (Å²) in [7, 11) is 0. The standard InChI is InChI=1S/C18H24N2S/c1-13-4-5-14(2)16(12-13)18(17-7-6-15(3)21-17)20-10-8-19-9-11-20/h4-7,12,18-19H,8-11H2,1-3H3. The van der Waals surface area contributed by atoms with Crippen LogP contribution in [0.5, 0.6) is 0 Å². The predicted octanol–water partition coefficient (Wildman–Crippen LogP) is 3.67. The molecule has 2 nitrogen and oxygen atoms in total. The summed E-state index contributed by atoms with van der Waals surface area (Å²) >= 11 is 1.94. The molecule has 3 rings (SSSR count). The fourth-order valence-electron chi connectivity index (χ4n) is 3.13. The Morgan fingerprint density at radius 3 is 2.48 bits per heavy atom. The summed E-state index contributed by atoms with van der Waals surface area (Å²) < 4.78 is 0. The summed E-state index contributed by atoms with van der Waals surface area (Å²) in [5.41, 5.74) is 4.22. The third kappa shape index (κ3) is 3.20. The van der Waals surface area contributed by atoms with Crippen molar-refractivity contribution in [1.29, 1.82) is 0 Å². The van der Waals surface area contributed by atoms with E-state index in [-0.39, 0.29) is 0 Å². The first-order valence-electron chi connectivity index (χ1n) is 7.73.